The van der Waals surface area contributed by atoms with Gasteiger partial charge >= 0.3 is 5.97 Å². The second kappa shape index (κ2) is 9.81. The fourth-order valence-corrected chi connectivity index (χ4v) is 4.77. The highest BCUT2D eigenvalue weighted by molar-refractivity contribution is 7.98. The number of thioether (sulfide) groups is 1. The first-order valence-corrected chi connectivity index (χ1v) is 11.6. The number of ether oxygens (including phenoxy) is 1. The van der Waals surface area contributed by atoms with Crippen molar-refractivity contribution in [3.63, 3.8) is 0 Å². The molecule has 1 aromatic heterocycles. The Bertz CT molecular complexity index is 1210. The highest BCUT2D eigenvalue weighted by atomic mass is 35.5. The highest BCUT2D eigenvalue weighted by Crippen LogP contribution is 2.39. The number of esters is 1. The average molecular weight is 487 g/mol. The lowest BCUT2D eigenvalue weighted by Crippen LogP contribution is -2.30. The number of allylic oxidation sites excluding steroid dienone is 1. The number of carbonyl (C=O) groups excluding carboxylic acids is 1. The van der Waals surface area contributed by atoms with E-state index in [2.05, 4.69) is 22.0 Å². The van der Waals surface area contributed by atoms with Crippen molar-refractivity contribution in [3.05, 3.63) is 93.6 Å². The van der Waals surface area contributed by atoms with Crippen LogP contribution in [-0.2, 0) is 15.3 Å². The lowest BCUT2D eigenvalue weighted by molar-refractivity contribution is -0.138. The van der Waals surface area contributed by atoms with Crippen LogP contribution in [0.3, 0.4) is 0 Å². The molecule has 0 bridgehead atoms. The molecule has 4 rings (SSSR count). The summed E-state index contributed by atoms with van der Waals surface area (Å²) in [6.07, 6.45) is 1.53. The van der Waals surface area contributed by atoms with Crippen molar-refractivity contribution in [3.8, 4) is 0 Å². The molecule has 1 unspecified atom stereocenters. The zero-order chi connectivity index (χ0) is 22.7. The smallest absolute Gasteiger partial charge is 0.338 e. The van der Waals surface area contributed by atoms with Gasteiger partial charge in [0, 0.05) is 27.1 Å². The van der Waals surface area contributed by atoms with Gasteiger partial charge in [0.05, 0.1) is 5.57 Å². The predicted molar refractivity (Wildman–Crippen MR) is 128 cm³/mol. The van der Waals surface area contributed by atoms with Gasteiger partial charge in [0.15, 0.2) is 0 Å². The molecule has 32 heavy (non-hydrogen) atoms. The summed E-state index contributed by atoms with van der Waals surface area (Å²) in [5.74, 6) is 0.668. The molecule has 1 aliphatic heterocycles. The standard InChI is InChI=1S/C23H20Cl2N4O2S/c1-3-12-31-21(30)19-14(2)26-22-27-23(32-13-15-8-4-6-10-17(15)24)28-29(22)20(19)16-9-5-7-11-18(16)25/h3-11,20H,1,12-13H2,2H3,(H,26,27,28). The number of fused-ring (bicyclic) bond motifs is 1. The second-order valence-electron chi connectivity index (χ2n) is 7.02. The van der Waals surface area contributed by atoms with Gasteiger partial charge in [-0.25, -0.2) is 9.48 Å². The Labute approximate surface area is 200 Å². The molecule has 6 nitrogen and oxygen atoms in total. The first-order chi connectivity index (χ1) is 15.5. The van der Waals surface area contributed by atoms with E-state index in [4.69, 9.17) is 27.9 Å². The Morgan fingerprint density at radius 2 is 1.94 bits per heavy atom. The molecule has 9 heteroatoms. The zero-order valence-electron chi connectivity index (χ0n) is 17.2. The second-order valence-corrected chi connectivity index (χ2v) is 8.77. The molecule has 0 radical (unpaired) electrons. The van der Waals surface area contributed by atoms with Gasteiger partial charge < -0.3 is 10.1 Å². The van der Waals surface area contributed by atoms with Crippen LogP contribution < -0.4 is 5.32 Å². The van der Waals surface area contributed by atoms with Gasteiger partial charge in [0.25, 0.3) is 0 Å². The Morgan fingerprint density at radius 1 is 1.22 bits per heavy atom. The molecule has 1 atom stereocenters. The normalized spacial score (nSPS) is 15.2. The third-order valence-corrected chi connectivity index (χ3v) is 6.50. The fourth-order valence-electron chi connectivity index (χ4n) is 3.41. The van der Waals surface area contributed by atoms with E-state index in [9.17, 15) is 4.79 Å². The van der Waals surface area contributed by atoms with E-state index in [-0.39, 0.29) is 6.61 Å². The number of nitrogens with zero attached hydrogens (tertiary/aromatic N) is 3. The lowest BCUT2D eigenvalue weighted by Gasteiger charge is -2.28. The molecule has 1 N–H and O–H groups in total. The quantitative estimate of drug-likeness (QED) is 0.255. The van der Waals surface area contributed by atoms with Crippen molar-refractivity contribution in [1.82, 2.24) is 14.8 Å². The molecule has 0 fully saturated rings. The van der Waals surface area contributed by atoms with Crippen LogP contribution in [0.5, 0.6) is 0 Å². The predicted octanol–water partition coefficient (Wildman–Crippen LogP) is 5.90. The summed E-state index contributed by atoms with van der Waals surface area (Å²) in [5.41, 5.74) is 2.77. The molecule has 2 heterocycles. The van der Waals surface area contributed by atoms with Gasteiger partial charge in [-0.15, -0.1) is 5.10 Å². The summed E-state index contributed by atoms with van der Waals surface area (Å²) in [6.45, 7) is 5.52. The number of anilines is 1. The minimum atomic E-state index is -0.584. The molecule has 0 aliphatic carbocycles. The Morgan fingerprint density at radius 3 is 2.66 bits per heavy atom. The van der Waals surface area contributed by atoms with E-state index >= 15 is 0 Å². The highest BCUT2D eigenvalue weighted by Gasteiger charge is 2.36. The van der Waals surface area contributed by atoms with E-state index in [1.54, 1.807) is 10.7 Å². The summed E-state index contributed by atoms with van der Waals surface area (Å²) in [7, 11) is 0. The molecule has 164 valence electrons. The Hall–Kier alpha value is -2.74. The number of benzene rings is 2. The summed E-state index contributed by atoms with van der Waals surface area (Å²) < 4.78 is 7.03. The molecule has 3 aromatic rings. The van der Waals surface area contributed by atoms with Gasteiger partial charge in [-0.1, -0.05) is 84.0 Å². The average Bonchev–Trinajstić information content (AvgIpc) is 3.19. The van der Waals surface area contributed by atoms with Crippen LogP contribution in [0.4, 0.5) is 5.95 Å². The molecule has 0 saturated heterocycles. The molecule has 0 amide bonds. The third-order valence-electron chi connectivity index (χ3n) is 4.90. The van der Waals surface area contributed by atoms with Crippen molar-refractivity contribution < 1.29 is 9.53 Å². The van der Waals surface area contributed by atoms with Gasteiger partial charge in [-0.05, 0) is 24.6 Å². The molecule has 2 aromatic carbocycles. The zero-order valence-corrected chi connectivity index (χ0v) is 19.5. The maximum atomic E-state index is 12.9. The number of nitrogens with one attached hydrogen (secondary N) is 1. The van der Waals surface area contributed by atoms with E-state index in [1.807, 2.05) is 49.4 Å². The van der Waals surface area contributed by atoms with Crippen molar-refractivity contribution in [2.75, 3.05) is 11.9 Å². The van der Waals surface area contributed by atoms with Crippen LogP contribution in [0.2, 0.25) is 10.0 Å². The number of carbonyl (C=O) groups is 1. The summed E-state index contributed by atoms with van der Waals surface area (Å²) in [5, 5.41) is 9.63. The summed E-state index contributed by atoms with van der Waals surface area (Å²) in [6, 6.07) is 14.4. The van der Waals surface area contributed by atoms with Gasteiger partial charge in [-0.3, -0.25) is 0 Å². The number of hydrogen-bond donors (Lipinski definition) is 1. The molecule has 0 saturated carbocycles. The molecule has 0 spiro atoms. The minimum absolute atomic E-state index is 0.105. The lowest BCUT2D eigenvalue weighted by atomic mass is 9.96. The molecular weight excluding hydrogens is 467 g/mol. The summed E-state index contributed by atoms with van der Waals surface area (Å²) in [4.78, 5) is 17.6. The van der Waals surface area contributed by atoms with Crippen LogP contribution in [0.15, 0.2) is 77.6 Å². The topological polar surface area (TPSA) is 69.0 Å². The van der Waals surface area contributed by atoms with Crippen LogP contribution >= 0.6 is 35.0 Å². The van der Waals surface area contributed by atoms with Crippen molar-refractivity contribution in [2.45, 2.75) is 23.9 Å². The SMILES string of the molecule is C=CCOC(=O)C1=C(C)Nc2nc(SCc3ccccc3Cl)nn2C1c1ccccc1Cl. The van der Waals surface area contributed by atoms with Gasteiger partial charge in [0.1, 0.15) is 12.6 Å². The number of rotatable bonds is 7. The minimum Gasteiger partial charge on any atom is -0.458 e. The summed E-state index contributed by atoms with van der Waals surface area (Å²) >= 11 is 14.3. The number of aromatic nitrogens is 3. The van der Waals surface area contributed by atoms with E-state index < -0.39 is 12.0 Å². The van der Waals surface area contributed by atoms with Crippen molar-refractivity contribution in [2.24, 2.45) is 0 Å². The monoisotopic (exact) mass is 486 g/mol. The van der Waals surface area contributed by atoms with E-state index in [0.717, 1.165) is 11.1 Å². The Balaban J connectivity index is 1.71. The van der Waals surface area contributed by atoms with Gasteiger partial charge in [-0.2, -0.15) is 4.98 Å². The van der Waals surface area contributed by atoms with Crippen molar-refractivity contribution in [1.29, 1.82) is 0 Å². The first kappa shape index (κ1) is 22.5. The maximum absolute atomic E-state index is 12.9. The first-order valence-electron chi connectivity index (χ1n) is 9.82. The van der Waals surface area contributed by atoms with Crippen LogP contribution in [0, 0.1) is 0 Å². The van der Waals surface area contributed by atoms with Crippen LogP contribution in [0.1, 0.15) is 24.1 Å². The largest absolute Gasteiger partial charge is 0.458 e. The molecular formula is C23H20Cl2N4O2S. The van der Waals surface area contributed by atoms with Crippen LogP contribution in [-0.4, -0.2) is 27.3 Å². The number of halogens is 2. The number of hydrogen-bond acceptors (Lipinski definition) is 6. The molecule has 1 aliphatic rings. The maximum Gasteiger partial charge on any atom is 0.338 e. The van der Waals surface area contributed by atoms with E-state index in [1.165, 1.54) is 17.8 Å². The Kier molecular flexibility index (Phi) is 6.89. The van der Waals surface area contributed by atoms with Crippen molar-refractivity contribution >= 4 is 46.9 Å². The van der Waals surface area contributed by atoms with E-state index in [0.29, 0.717) is 38.2 Å². The fraction of sp³-hybridized carbons (Fsp3) is 0.174. The van der Waals surface area contributed by atoms with Crippen LogP contribution in [0.25, 0.3) is 0 Å². The third kappa shape index (κ3) is 4.55. The van der Waals surface area contributed by atoms with Gasteiger partial charge in [0.2, 0.25) is 11.1 Å².